The summed E-state index contributed by atoms with van der Waals surface area (Å²) < 4.78 is 10.1. The zero-order valence-electron chi connectivity index (χ0n) is 7.37. The van der Waals surface area contributed by atoms with Crippen LogP contribution in [-0.2, 0) is 8.23 Å². The molecular formula is C4H16O4Si3. The van der Waals surface area contributed by atoms with Gasteiger partial charge in [-0.25, -0.2) is 0 Å². The Morgan fingerprint density at radius 2 is 1.73 bits per heavy atom. The molecule has 0 aromatic heterocycles. The summed E-state index contributed by atoms with van der Waals surface area (Å²) in [4.78, 5) is 18.4. The molecule has 0 heterocycles. The van der Waals surface area contributed by atoms with Crippen LogP contribution in [0, 0.1) is 0 Å². The molecule has 0 aromatic rings. The lowest BCUT2D eigenvalue weighted by Gasteiger charge is -2.20. The summed E-state index contributed by atoms with van der Waals surface area (Å²) in [6.07, 6.45) is 0. The Hall–Kier alpha value is 0.491. The van der Waals surface area contributed by atoms with Gasteiger partial charge in [0.2, 0.25) is 0 Å². The molecule has 0 aromatic carbocycles. The molecule has 11 heavy (non-hydrogen) atoms. The summed E-state index contributed by atoms with van der Waals surface area (Å²) in [5.41, 5.74) is 0. The van der Waals surface area contributed by atoms with Crippen molar-refractivity contribution in [2.45, 2.75) is 26.2 Å². The minimum Gasteiger partial charge on any atom is -0.422 e. The topological polar surface area (TPSA) is 58.9 Å². The van der Waals surface area contributed by atoms with E-state index in [1.54, 1.807) is 13.1 Å². The van der Waals surface area contributed by atoms with Crippen LogP contribution >= 0.6 is 0 Å². The highest BCUT2D eigenvalue weighted by molar-refractivity contribution is 6.71. The minimum atomic E-state index is -2.58. The van der Waals surface area contributed by atoms with E-state index in [1.165, 1.54) is 0 Å². The Bertz CT molecular complexity index is 112. The van der Waals surface area contributed by atoms with E-state index < -0.39 is 27.1 Å². The lowest BCUT2D eigenvalue weighted by Crippen LogP contribution is -2.41. The van der Waals surface area contributed by atoms with Crippen LogP contribution in [0.15, 0.2) is 0 Å². The lowest BCUT2D eigenvalue weighted by molar-refractivity contribution is 0.263. The quantitative estimate of drug-likeness (QED) is 0.612. The van der Waals surface area contributed by atoms with Crippen molar-refractivity contribution in [2.24, 2.45) is 0 Å². The molecule has 0 saturated heterocycles. The fraction of sp³-hybridized carbons (Fsp3) is 1.00. The summed E-state index contributed by atoms with van der Waals surface area (Å²) in [5, 5.41) is 0. The molecule has 0 rings (SSSR count). The smallest absolute Gasteiger partial charge is 0.422 e. The fourth-order valence-corrected chi connectivity index (χ4v) is 5.07. The van der Waals surface area contributed by atoms with E-state index in [1.807, 2.05) is 13.1 Å². The first-order valence-electron chi connectivity index (χ1n) is 3.55. The minimum absolute atomic E-state index is 1.22. The first kappa shape index (κ1) is 11.5. The van der Waals surface area contributed by atoms with Crippen LogP contribution in [0.3, 0.4) is 0 Å². The largest absolute Gasteiger partial charge is 0.461 e. The van der Waals surface area contributed by atoms with Crippen molar-refractivity contribution in [1.82, 2.24) is 0 Å². The van der Waals surface area contributed by atoms with Gasteiger partial charge in [-0.3, -0.25) is 0 Å². The van der Waals surface area contributed by atoms with Crippen molar-refractivity contribution in [3.05, 3.63) is 0 Å². The Kier molecular flexibility index (Phi) is 4.70. The van der Waals surface area contributed by atoms with Gasteiger partial charge in [-0.1, -0.05) is 0 Å². The summed E-state index contributed by atoms with van der Waals surface area (Å²) in [5.74, 6) is 0. The van der Waals surface area contributed by atoms with Crippen LogP contribution in [0.4, 0.5) is 0 Å². The molecule has 0 saturated carbocycles. The van der Waals surface area contributed by atoms with Crippen LogP contribution in [0.25, 0.3) is 0 Å². The van der Waals surface area contributed by atoms with Crippen LogP contribution in [0.2, 0.25) is 26.2 Å². The van der Waals surface area contributed by atoms with Crippen molar-refractivity contribution in [1.29, 1.82) is 0 Å². The predicted molar refractivity (Wildman–Crippen MR) is 50.1 cm³/mol. The first-order chi connectivity index (χ1) is 4.81. The maximum absolute atomic E-state index is 9.23. The second-order valence-electron chi connectivity index (χ2n) is 3.06. The molecular weight excluding hydrogens is 196 g/mol. The van der Waals surface area contributed by atoms with Crippen LogP contribution < -0.4 is 0 Å². The van der Waals surface area contributed by atoms with Crippen molar-refractivity contribution in [2.75, 3.05) is 0 Å². The average Bonchev–Trinajstić information content (AvgIpc) is 1.53. The van der Waals surface area contributed by atoms with E-state index in [9.17, 15) is 4.80 Å². The molecule has 2 N–H and O–H groups in total. The Morgan fingerprint density at radius 3 is 2.00 bits per heavy atom. The molecule has 0 aliphatic heterocycles. The maximum atomic E-state index is 9.23. The van der Waals surface area contributed by atoms with E-state index in [0.717, 1.165) is 0 Å². The highest BCUT2D eigenvalue weighted by atomic mass is 28.5. The van der Waals surface area contributed by atoms with E-state index >= 15 is 0 Å². The van der Waals surface area contributed by atoms with Gasteiger partial charge in [0.05, 0.1) is 0 Å². The number of rotatable bonds is 4. The summed E-state index contributed by atoms with van der Waals surface area (Å²) in [7, 11) is -6.31. The highest BCUT2D eigenvalue weighted by Crippen LogP contribution is 2.01. The third-order valence-corrected chi connectivity index (χ3v) is 7.00. The SMILES string of the molecule is C[SiH](C)O[SiH](O)O[Si](C)(C)O. The van der Waals surface area contributed by atoms with Gasteiger partial charge in [-0.05, 0) is 26.2 Å². The van der Waals surface area contributed by atoms with Crippen LogP contribution in [0.1, 0.15) is 0 Å². The van der Waals surface area contributed by atoms with Crippen molar-refractivity contribution >= 4 is 27.1 Å². The van der Waals surface area contributed by atoms with Crippen LogP contribution in [-0.4, -0.2) is 36.7 Å². The van der Waals surface area contributed by atoms with Crippen molar-refractivity contribution in [3.8, 4) is 0 Å². The van der Waals surface area contributed by atoms with Gasteiger partial charge in [0.15, 0.2) is 9.04 Å². The molecule has 1 unspecified atom stereocenters. The van der Waals surface area contributed by atoms with E-state index in [2.05, 4.69) is 0 Å². The van der Waals surface area contributed by atoms with E-state index in [0.29, 0.717) is 0 Å². The Morgan fingerprint density at radius 1 is 1.27 bits per heavy atom. The standard InChI is InChI=1S/C4H16O4Si3/c1-9(2)7-10(5)8-11(3,4)6/h5-6,9-10H,1-4H3. The molecule has 0 fully saturated rings. The summed E-state index contributed by atoms with van der Waals surface area (Å²) in [6.45, 7) is 7.11. The monoisotopic (exact) mass is 212 g/mol. The molecule has 4 nitrogen and oxygen atoms in total. The Labute approximate surface area is 71.7 Å². The number of hydrogen-bond donors (Lipinski definition) is 2. The van der Waals surface area contributed by atoms with E-state index in [-0.39, 0.29) is 0 Å². The summed E-state index contributed by atoms with van der Waals surface area (Å²) in [6, 6.07) is 0. The van der Waals surface area contributed by atoms with Gasteiger partial charge in [-0.2, -0.15) is 0 Å². The van der Waals surface area contributed by atoms with Gasteiger partial charge in [0.25, 0.3) is 0 Å². The third kappa shape index (κ3) is 8.40. The molecule has 0 aliphatic carbocycles. The van der Waals surface area contributed by atoms with Gasteiger partial charge in [0.1, 0.15) is 0 Å². The Balaban J connectivity index is 3.61. The summed E-state index contributed by atoms with van der Waals surface area (Å²) >= 11 is 0. The highest BCUT2D eigenvalue weighted by Gasteiger charge is 2.25. The van der Waals surface area contributed by atoms with Crippen molar-refractivity contribution in [3.63, 3.8) is 0 Å². The predicted octanol–water partition coefficient (Wildman–Crippen LogP) is -0.593. The molecule has 0 aliphatic rings. The fourth-order valence-electron chi connectivity index (χ4n) is 0.507. The molecule has 0 radical (unpaired) electrons. The number of hydrogen-bond acceptors (Lipinski definition) is 4. The maximum Gasteiger partial charge on any atom is 0.461 e. The van der Waals surface area contributed by atoms with Gasteiger partial charge in [0, 0.05) is 0 Å². The van der Waals surface area contributed by atoms with Crippen LogP contribution in [0.5, 0.6) is 0 Å². The average molecular weight is 212 g/mol. The molecule has 7 heteroatoms. The van der Waals surface area contributed by atoms with Crippen molar-refractivity contribution < 1.29 is 17.8 Å². The third-order valence-electron chi connectivity index (χ3n) is 0.778. The van der Waals surface area contributed by atoms with Gasteiger partial charge >= 0.3 is 18.1 Å². The molecule has 0 bridgehead atoms. The second-order valence-corrected chi connectivity index (χ2v) is 10.7. The lowest BCUT2D eigenvalue weighted by atomic mass is 11.9. The normalized spacial score (nSPS) is 15.5. The van der Waals surface area contributed by atoms with Gasteiger partial charge < -0.3 is 17.8 Å². The zero-order chi connectivity index (χ0) is 9.07. The zero-order valence-corrected chi connectivity index (χ0v) is 10.7. The van der Waals surface area contributed by atoms with E-state index in [4.69, 9.17) is 13.0 Å². The van der Waals surface area contributed by atoms with Gasteiger partial charge in [-0.15, -0.1) is 0 Å². The molecule has 0 amide bonds. The molecule has 0 spiro atoms. The second kappa shape index (κ2) is 4.50. The molecule has 68 valence electrons. The molecule has 1 atom stereocenters. The first-order valence-corrected chi connectivity index (χ1v) is 10.6.